The van der Waals surface area contributed by atoms with Gasteiger partial charge in [-0.2, -0.15) is 0 Å². The third kappa shape index (κ3) is 6.24. The maximum atomic E-state index is 13.3. The summed E-state index contributed by atoms with van der Waals surface area (Å²) in [6, 6.07) is 5.82. The molecule has 0 aliphatic rings. The highest BCUT2D eigenvalue weighted by molar-refractivity contribution is 7.99. The van der Waals surface area contributed by atoms with Crippen LogP contribution >= 0.6 is 34.7 Å². The molecular weight excluding hydrogens is 491 g/mol. The SMILES string of the molecule is CCc1cc(C(=O)OC)c(NC(=O)CSc2nnc(COc3ccc(F)c(Cl)c3)n2CC)s1. The Labute approximate surface area is 203 Å². The van der Waals surface area contributed by atoms with Crippen LogP contribution in [0.4, 0.5) is 9.39 Å². The number of hydrogen-bond donors (Lipinski definition) is 1. The molecule has 0 aliphatic carbocycles. The second kappa shape index (κ2) is 11.5. The highest BCUT2D eigenvalue weighted by Gasteiger charge is 2.19. The number of amides is 1. The summed E-state index contributed by atoms with van der Waals surface area (Å²) in [5.74, 6) is -0.258. The van der Waals surface area contributed by atoms with Crippen LogP contribution in [0.2, 0.25) is 5.02 Å². The molecule has 0 bridgehead atoms. The number of nitrogens with zero attached hydrogens (tertiary/aromatic N) is 3. The fourth-order valence-electron chi connectivity index (χ4n) is 2.83. The maximum absolute atomic E-state index is 13.3. The number of anilines is 1. The zero-order chi connectivity index (χ0) is 24.0. The lowest BCUT2D eigenvalue weighted by atomic mass is 10.2. The Kier molecular flexibility index (Phi) is 8.70. The summed E-state index contributed by atoms with van der Waals surface area (Å²) in [7, 11) is 1.30. The van der Waals surface area contributed by atoms with Crippen LogP contribution in [0.3, 0.4) is 0 Å². The normalized spacial score (nSPS) is 10.8. The van der Waals surface area contributed by atoms with Gasteiger partial charge in [-0.15, -0.1) is 21.5 Å². The third-order valence-electron chi connectivity index (χ3n) is 4.49. The van der Waals surface area contributed by atoms with Gasteiger partial charge in [-0.3, -0.25) is 4.79 Å². The van der Waals surface area contributed by atoms with Gasteiger partial charge in [-0.1, -0.05) is 30.3 Å². The molecule has 3 aromatic rings. The van der Waals surface area contributed by atoms with Gasteiger partial charge >= 0.3 is 5.97 Å². The van der Waals surface area contributed by atoms with E-state index in [1.165, 1.54) is 48.4 Å². The van der Waals surface area contributed by atoms with Crippen molar-refractivity contribution < 1.29 is 23.5 Å². The van der Waals surface area contributed by atoms with E-state index in [1.54, 1.807) is 6.07 Å². The Morgan fingerprint density at radius 3 is 2.73 bits per heavy atom. The third-order valence-corrected chi connectivity index (χ3v) is 6.94. The van der Waals surface area contributed by atoms with Gasteiger partial charge in [-0.25, -0.2) is 9.18 Å². The molecule has 12 heteroatoms. The van der Waals surface area contributed by atoms with Crippen molar-refractivity contribution in [3.05, 3.63) is 51.4 Å². The Morgan fingerprint density at radius 1 is 1.27 bits per heavy atom. The van der Waals surface area contributed by atoms with Crippen molar-refractivity contribution in [3.63, 3.8) is 0 Å². The fourth-order valence-corrected chi connectivity index (χ4v) is 4.82. The summed E-state index contributed by atoms with van der Waals surface area (Å²) in [6.07, 6.45) is 0.744. The minimum absolute atomic E-state index is 0.0288. The zero-order valence-electron chi connectivity index (χ0n) is 18.2. The predicted molar refractivity (Wildman–Crippen MR) is 126 cm³/mol. The number of carbonyl (C=O) groups excluding carboxylic acids is 2. The van der Waals surface area contributed by atoms with E-state index < -0.39 is 11.8 Å². The van der Waals surface area contributed by atoms with Crippen molar-refractivity contribution in [1.82, 2.24) is 14.8 Å². The van der Waals surface area contributed by atoms with E-state index in [4.69, 9.17) is 21.1 Å². The number of carbonyl (C=O) groups is 2. The largest absolute Gasteiger partial charge is 0.486 e. The topological polar surface area (TPSA) is 95.3 Å². The molecule has 0 aliphatic heterocycles. The van der Waals surface area contributed by atoms with Gasteiger partial charge in [0.1, 0.15) is 23.2 Å². The van der Waals surface area contributed by atoms with E-state index in [2.05, 4.69) is 15.5 Å². The van der Waals surface area contributed by atoms with Crippen LogP contribution < -0.4 is 10.1 Å². The molecule has 1 N–H and O–H groups in total. The first-order valence-corrected chi connectivity index (χ1v) is 12.2. The number of nitrogens with one attached hydrogen (secondary N) is 1. The first-order chi connectivity index (χ1) is 15.9. The minimum Gasteiger partial charge on any atom is -0.486 e. The monoisotopic (exact) mass is 512 g/mol. The molecule has 176 valence electrons. The number of ether oxygens (including phenoxy) is 2. The summed E-state index contributed by atoms with van der Waals surface area (Å²) >= 11 is 8.34. The van der Waals surface area contributed by atoms with E-state index in [-0.39, 0.29) is 23.3 Å². The Bertz CT molecular complexity index is 1150. The van der Waals surface area contributed by atoms with Crippen molar-refractivity contribution in [3.8, 4) is 5.75 Å². The molecule has 0 saturated carbocycles. The number of esters is 1. The van der Waals surface area contributed by atoms with Gasteiger partial charge < -0.3 is 19.4 Å². The van der Waals surface area contributed by atoms with E-state index in [0.717, 1.165) is 11.3 Å². The molecule has 8 nitrogen and oxygen atoms in total. The van der Waals surface area contributed by atoms with Gasteiger partial charge in [-0.05, 0) is 31.5 Å². The van der Waals surface area contributed by atoms with Crippen LogP contribution in [-0.2, 0) is 29.1 Å². The van der Waals surface area contributed by atoms with Crippen LogP contribution in [0.25, 0.3) is 0 Å². The quantitative estimate of drug-likeness (QED) is 0.307. The minimum atomic E-state index is -0.523. The molecule has 0 spiro atoms. The van der Waals surface area contributed by atoms with Crippen LogP contribution in [0.15, 0.2) is 29.4 Å². The van der Waals surface area contributed by atoms with Crippen LogP contribution in [-0.4, -0.2) is 39.5 Å². The van der Waals surface area contributed by atoms with Crippen molar-refractivity contribution in [2.24, 2.45) is 0 Å². The average molecular weight is 513 g/mol. The molecule has 3 rings (SSSR count). The van der Waals surface area contributed by atoms with Crippen LogP contribution in [0.1, 0.15) is 34.9 Å². The summed E-state index contributed by atoms with van der Waals surface area (Å²) in [5, 5.41) is 12.1. The van der Waals surface area contributed by atoms with E-state index in [9.17, 15) is 14.0 Å². The molecule has 2 aromatic heterocycles. The van der Waals surface area contributed by atoms with Crippen molar-refractivity contribution >= 4 is 51.6 Å². The molecule has 1 aromatic carbocycles. The lowest BCUT2D eigenvalue weighted by molar-refractivity contribution is -0.113. The van der Waals surface area contributed by atoms with Gasteiger partial charge in [0.2, 0.25) is 5.91 Å². The number of thiophene rings is 1. The Balaban J connectivity index is 1.62. The summed E-state index contributed by atoms with van der Waals surface area (Å²) in [5.41, 5.74) is 0.342. The number of methoxy groups -OCH3 is 1. The van der Waals surface area contributed by atoms with Gasteiger partial charge in [0, 0.05) is 17.5 Å². The van der Waals surface area contributed by atoms with E-state index in [0.29, 0.717) is 33.8 Å². The van der Waals surface area contributed by atoms with Gasteiger partial charge in [0.15, 0.2) is 11.0 Å². The molecule has 0 saturated heterocycles. The van der Waals surface area contributed by atoms with E-state index in [1.807, 2.05) is 18.4 Å². The summed E-state index contributed by atoms with van der Waals surface area (Å²) < 4.78 is 25.6. The number of aromatic nitrogens is 3. The Morgan fingerprint density at radius 2 is 2.06 bits per heavy atom. The molecule has 0 atom stereocenters. The zero-order valence-corrected chi connectivity index (χ0v) is 20.6. The molecule has 0 radical (unpaired) electrons. The van der Waals surface area contributed by atoms with Crippen LogP contribution in [0.5, 0.6) is 5.75 Å². The highest BCUT2D eigenvalue weighted by atomic mass is 35.5. The maximum Gasteiger partial charge on any atom is 0.340 e. The van der Waals surface area contributed by atoms with Crippen molar-refractivity contribution in [1.29, 1.82) is 0 Å². The number of thioether (sulfide) groups is 1. The number of hydrogen-bond acceptors (Lipinski definition) is 8. The first kappa shape index (κ1) is 25.0. The molecule has 33 heavy (non-hydrogen) atoms. The molecular formula is C21H22ClFN4O4S2. The van der Waals surface area contributed by atoms with Crippen LogP contribution in [0, 0.1) is 5.82 Å². The van der Waals surface area contributed by atoms with Gasteiger partial charge in [0.05, 0.1) is 23.4 Å². The molecule has 2 heterocycles. The number of benzene rings is 1. The Hall–Kier alpha value is -2.63. The molecule has 1 amide bonds. The highest BCUT2D eigenvalue weighted by Crippen LogP contribution is 2.30. The lowest BCUT2D eigenvalue weighted by Gasteiger charge is -2.09. The van der Waals surface area contributed by atoms with Crippen molar-refractivity contribution in [2.45, 2.75) is 38.6 Å². The molecule has 0 fully saturated rings. The first-order valence-electron chi connectivity index (χ1n) is 9.99. The van der Waals surface area contributed by atoms with E-state index >= 15 is 0 Å². The van der Waals surface area contributed by atoms with Crippen molar-refractivity contribution in [2.75, 3.05) is 18.2 Å². The second-order valence-corrected chi connectivity index (χ2v) is 9.13. The summed E-state index contributed by atoms with van der Waals surface area (Å²) in [4.78, 5) is 25.5. The molecule has 0 unspecified atom stereocenters. The number of aryl methyl sites for hydroxylation is 1. The second-order valence-electron chi connectivity index (χ2n) is 6.65. The average Bonchev–Trinajstić information content (AvgIpc) is 3.41. The van der Waals surface area contributed by atoms with Gasteiger partial charge in [0.25, 0.3) is 0 Å². The number of halogens is 2. The fraction of sp³-hybridized carbons (Fsp3) is 0.333. The summed E-state index contributed by atoms with van der Waals surface area (Å²) in [6.45, 7) is 4.56. The standard InChI is InChI=1S/C21H22ClFN4O4S2/c1-4-13-9-14(20(29)30-3)19(33-13)24-18(28)11-32-21-26-25-17(27(21)5-2)10-31-12-6-7-16(23)15(22)8-12/h6-9H,4-5,10-11H2,1-3H3,(H,24,28). The smallest absolute Gasteiger partial charge is 0.340 e. The lowest BCUT2D eigenvalue weighted by Crippen LogP contribution is -2.16. The predicted octanol–water partition coefficient (Wildman–Crippen LogP) is 4.81. The number of rotatable bonds is 10.